The Labute approximate surface area is 168 Å². The molecule has 6 aromatic heterocycles. The third-order valence-electron chi connectivity index (χ3n) is 4.82. The molecule has 0 atom stereocenters. The average molecular weight is 398 g/mol. The number of H-pyrrole nitrogens is 3. The number of hydrogen-bond donors (Lipinski definition) is 3. The zero-order valence-electron chi connectivity index (χ0n) is 15.3. The standard InChI is InChI=1S/C20H14N8S/c1-10-2-5-15(29-10)12-6-7-21-19-16(12)25-20(26-19)18-17-14(27-28-18)4-3-13(24-17)11-8-22-23-9-11/h2-9H,1H3,(H,22,23)(H,27,28)(H,21,25,26). The summed E-state index contributed by atoms with van der Waals surface area (Å²) in [5, 5.41) is 14.3. The van der Waals surface area contributed by atoms with Gasteiger partial charge in [0.1, 0.15) is 5.52 Å². The van der Waals surface area contributed by atoms with Crippen LogP contribution < -0.4 is 0 Å². The summed E-state index contributed by atoms with van der Waals surface area (Å²) in [7, 11) is 0. The van der Waals surface area contributed by atoms with E-state index in [1.165, 1.54) is 9.75 Å². The number of rotatable bonds is 3. The highest BCUT2D eigenvalue weighted by Gasteiger charge is 2.17. The van der Waals surface area contributed by atoms with Crippen LogP contribution in [0, 0.1) is 6.92 Å². The Bertz CT molecular complexity index is 1470. The van der Waals surface area contributed by atoms with Crippen LogP contribution in [0.2, 0.25) is 0 Å². The highest BCUT2D eigenvalue weighted by molar-refractivity contribution is 7.15. The molecule has 0 spiro atoms. The van der Waals surface area contributed by atoms with Crippen molar-refractivity contribution >= 4 is 33.5 Å². The molecular weight excluding hydrogens is 384 g/mol. The van der Waals surface area contributed by atoms with Gasteiger partial charge in [0.05, 0.1) is 22.9 Å². The lowest BCUT2D eigenvalue weighted by atomic mass is 10.2. The first-order chi connectivity index (χ1) is 14.3. The van der Waals surface area contributed by atoms with Crippen LogP contribution in [0.1, 0.15) is 4.88 Å². The molecule has 0 aliphatic carbocycles. The highest BCUT2D eigenvalue weighted by atomic mass is 32.1. The minimum Gasteiger partial charge on any atom is -0.335 e. The van der Waals surface area contributed by atoms with E-state index < -0.39 is 0 Å². The number of aromatic nitrogens is 8. The molecule has 0 bridgehead atoms. The minimum absolute atomic E-state index is 0.635. The van der Waals surface area contributed by atoms with Crippen molar-refractivity contribution < 1.29 is 0 Å². The van der Waals surface area contributed by atoms with Gasteiger partial charge in [-0.05, 0) is 37.3 Å². The molecular formula is C20H14N8S. The Hall–Kier alpha value is -3.85. The molecule has 0 saturated heterocycles. The van der Waals surface area contributed by atoms with Crippen LogP contribution in [0.4, 0.5) is 0 Å². The van der Waals surface area contributed by atoms with Crippen LogP contribution in [-0.4, -0.2) is 40.3 Å². The van der Waals surface area contributed by atoms with Gasteiger partial charge < -0.3 is 4.98 Å². The molecule has 0 fully saturated rings. The highest BCUT2D eigenvalue weighted by Crippen LogP contribution is 2.34. The van der Waals surface area contributed by atoms with E-state index in [0.29, 0.717) is 17.2 Å². The quantitative estimate of drug-likeness (QED) is 0.411. The lowest BCUT2D eigenvalue weighted by Crippen LogP contribution is -1.86. The molecule has 0 aliphatic rings. The summed E-state index contributed by atoms with van der Waals surface area (Å²) in [4.78, 5) is 19.8. The Morgan fingerprint density at radius 2 is 2.00 bits per heavy atom. The van der Waals surface area contributed by atoms with Crippen LogP contribution in [0.15, 0.2) is 48.9 Å². The Morgan fingerprint density at radius 1 is 1.03 bits per heavy atom. The molecule has 3 N–H and O–H groups in total. The maximum atomic E-state index is 4.78. The predicted octanol–water partition coefficient (Wildman–Crippen LogP) is 4.32. The van der Waals surface area contributed by atoms with E-state index >= 15 is 0 Å². The van der Waals surface area contributed by atoms with Crippen molar-refractivity contribution in [2.24, 2.45) is 0 Å². The largest absolute Gasteiger partial charge is 0.335 e. The van der Waals surface area contributed by atoms with Crippen molar-refractivity contribution in [1.29, 1.82) is 0 Å². The molecule has 9 heteroatoms. The molecule has 0 aliphatic heterocycles. The molecule has 0 amide bonds. The maximum absolute atomic E-state index is 4.78. The van der Waals surface area contributed by atoms with Gasteiger partial charge in [-0.25, -0.2) is 15.0 Å². The van der Waals surface area contributed by atoms with E-state index in [0.717, 1.165) is 33.4 Å². The van der Waals surface area contributed by atoms with E-state index in [1.807, 2.05) is 24.4 Å². The van der Waals surface area contributed by atoms with Crippen molar-refractivity contribution in [3.63, 3.8) is 0 Å². The van der Waals surface area contributed by atoms with Gasteiger partial charge in [-0.2, -0.15) is 10.2 Å². The zero-order valence-corrected chi connectivity index (χ0v) is 16.1. The molecule has 6 aromatic rings. The van der Waals surface area contributed by atoms with Gasteiger partial charge in [0.15, 0.2) is 17.2 Å². The number of aryl methyl sites for hydroxylation is 1. The van der Waals surface area contributed by atoms with Crippen molar-refractivity contribution in [2.75, 3.05) is 0 Å². The average Bonchev–Trinajstić information content (AvgIpc) is 3.51. The second-order valence-electron chi connectivity index (χ2n) is 6.70. The molecule has 6 rings (SSSR count). The number of nitrogens with zero attached hydrogens (tertiary/aromatic N) is 5. The topological polar surface area (TPSA) is 112 Å². The Balaban J connectivity index is 1.53. The fourth-order valence-corrected chi connectivity index (χ4v) is 4.32. The van der Waals surface area contributed by atoms with Crippen molar-refractivity contribution in [1.82, 2.24) is 40.3 Å². The van der Waals surface area contributed by atoms with Gasteiger partial charge >= 0.3 is 0 Å². The predicted molar refractivity (Wildman–Crippen MR) is 112 cm³/mol. The second kappa shape index (κ2) is 6.08. The SMILES string of the molecule is Cc1ccc(-c2ccnc3nc(-c4n[nH]c5ccc(-c6cn[nH]c6)nc45)[nH]c23)s1. The van der Waals surface area contributed by atoms with Crippen LogP contribution in [0.5, 0.6) is 0 Å². The zero-order chi connectivity index (χ0) is 19.4. The monoisotopic (exact) mass is 398 g/mol. The lowest BCUT2D eigenvalue weighted by Gasteiger charge is -1.98. The third kappa shape index (κ3) is 2.55. The van der Waals surface area contributed by atoms with Crippen LogP contribution in [0.25, 0.3) is 55.4 Å². The number of fused-ring (bicyclic) bond motifs is 2. The maximum Gasteiger partial charge on any atom is 0.178 e. The summed E-state index contributed by atoms with van der Waals surface area (Å²) in [5.41, 5.74) is 6.62. The van der Waals surface area contributed by atoms with E-state index in [2.05, 4.69) is 54.4 Å². The van der Waals surface area contributed by atoms with Gasteiger partial charge in [-0.1, -0.05) is 0 Å². The Kier molecular flexibility index (Phi) is 3.38. The first-order valence-corrected chi connectivity index (χ1v) is 9.84. The third-order valence-corrected chi connectivity index (χ3v) is 5.86. The van der Waals surface area contributed by atoms with Crippen LogP contribution in [-0.2, 0) is 0 Å². The Morgan fingerprint density at radius 3 is 2.83 bits per heavy atom. The number of nitrogens with one attached hydrogen (secondary N) is 3. The molecule has 29 heavy (non-hydrogen) atoms. The fraction of sp³-hybridized carbons (Fsp3) is 0.0500. The molecule has 0 saturated carbocycles. The van der Waals surface area contributed by atoms with Gasteiger partial charge in [-0.15, -0.1) is 11.3 Å². The smallest absolute Gasteiger partial charge is 0.178 e. The van der Waals surface area contributed by atoms with Crippen molar-refractivity contribution in [3.05, 3.63) is 53.8 Å². The van der Waals surface area contributed by atoms with Crippen LogP contribution >= 0.6 is 11.3 Å². The number of imidazole rings is 1. The molecule has 0 unspecified atom stereocenters. The molecule has 140 valence electrons. The summed E-state index contributed by atoms with van der Waals surface area (Å²) >= 11 is 1.75. The summed E-state index contributed by atoms with van der Waals surface area (Å²) in [6, 6.07) is 10.1. The van der Waals surface area contributed by atoms with E-state index in [-0.39, 0.29) is 0 Å². The van der Waals surface area contributed by atoms with Crippen molar-refractivity contribution in [2.45, 2.75) is 6.92 Å². The fourth-order valence-electron chi connectivity index (χ4n) is 3.42. The van der Waals surface area contributed by atoms with E-state index in [4.69, 9.17) is 4.98 Å². The first-order valence-electron chi connectivity index (χ1n) is 9.02. The summed E-state index contributed by atoms with van der Waals surface area (Å²) in [5.74, 6) is 0.635. The number of thiophene rings is 1. The van der Waals surface area contributed by atoms with E-state index in [9.17, 15) is 0 Å². The summed E-state index contributed by atoms with van der Waals surface area (Å²) in [6.45, 7) is 2.10. The van der Waals surface area contributed by atoms with Gasteiger partial charge in [-0.3, -0.25) is 10.2 Å². The molecule has 6 heterocycles. The number of aromatic amines is 3. The number of hydrogen-bond acceptors (Lipinski definition) is 6. The van der Waals surface area contributed by atoms with E-state index in [1.54, 1.807) is 23.7 Å². The minimum atomic E-state index is 0.635. The van der Waals surface area contributed by atoms with Gasteiger partial charge in [0.25, 0.3) is 0 Å². The normalized spacial score (nSPS) is 11.6. The first kappa shape index (κ1) is 16.1. The van der Waals surface area contributed by atoms with Gasteiger partial charge in [0, 0.05) is 33.3 Å². The summed E-state index contributed by atoms with van der Waals surface area (Å²) < 4.78 is 0. The van der Waals surface area contributed by atoms with Crippen molar-refractivity contribution in [3.8, 4) is 33.2 Å². The molecule has 0 aromatic carbocycles. The van der Waals surface area contributed by atoms with Gasteiger partial charge in [0.2, 0.25) is 0 Å². The second-order valence-corrected chi connectivity index (χ2v) is 7.99. The summed E-state index contributed by atoms with van der Waals surface area (Å²) in [6.07, 6.45) is 5.35. The van der Waals surface area contributed by atoms with Crippen LogP contribution in [0.3, 0.4) is 0 Å². The molecule has 8 nitrogen and oxygen atoms in total. The number of pyridine rings is 2. The lowest BCUT2D eigenvalue weighted by molar-refractivity contribution is 1.09. The molecule has 0 radical (unpaired) electrons.